The summed E-state index contributed by atoms with van der Waals surface area (Å²) in [6.45, 7) is 4.23. The molecule has 2 aliphatic heterocycles. The van der Waals surface area contributed by atoms with Gasteiger partial charge in [0.05, 0.1) is 5.92 Å². The van der Waals surface area contributed by atoms with Crippen LogP contribution in [0, 0.1) is 5.92 Å². The minimum atomic E-state index is -0.150. The van der Waals surface area contributed by atoms with E-state index < -0.39 is 0 Å². The lowest BCUT2D eigenvalue weighted by Crippen LogP contribution is -2.45. The zero-order chi connectivity index (χ0) is 20.2. The predicted molar refractivity (Wildman–Crippen MR) is 113 cm³/mol. The number of hydrogen-bond donors (Lipinski definition) is 0. The molecule has 1 aliphatic carbocycles. The Labute approximate surface area is 174 Å². The van der Waals surface area contributed by atoms with Crippen molar-refractivity contribution in [2.45, 2.75) is 76.9 Å². The number of aryl methyl sites for hydroxylation is 1. The van der Waals surface area contributed by atoms with Crippen molar-refractivity contribution in [2.75, 3.05) is 19.6 Å². The molecule has 2 amide bonds. The number of ether oxygens (including phenoxy) is 1. The van der Waals surface area contributed by atoms with Crippen molar-refractivity contribution in [3.63, 3.8) is 0 Å². The predicted octanol–water partition coefficient (Wildman–Crippen LogP) is 3.80. The van der Waals surface area contributed by atoms with Crippen molar-refractivity contribution < 1.29 is 14.3 Å². The molecule has 29 heavy (non-hydrogen) atoms. The normalized spacial score (nSPS) is 24.2. The van der Waals surface area contributed by atoms with Crippen molar-refractivity contribution in [2.24, 2.45) is 5.92 Å². The number of carbonyl (C=O) groups is 2. The number of carbonyl (C=O) groups excluding carboxylic acids is 2. The number of likely N-dealkylation sites (tertiary alicyclic amines) is 2. The summed E-state index contributed by atoms with van der Waals surface area (Å²) in [6.07, 6.45) is 9.19. The molecular weight excluding hydrogens is 364 g/mol. The summed E-state index contributed by atoms with van der Waals surface area (Å²) in [5.41, 5.74) is 1.28. The Kier molecular flexibility index (Phi) is 6.41. The second-order valence-corrected chi connectivity index (χ2v) is 8.88. The first kappa shape index (κ1) is 20.2. The lowest BCUT2D eigenvalue weighted by molar-refractivity contribution is -0.137. The fourth-order valence-corrected chi connectivity index (χ4v) is 5.13. The molecule has 0 bridgehead atoms. The summed E-state index contributed by atoms with van der Waals surface area (Å²) < 4.78 is 6.16. The van der Waals surface area contributed by atoms with Crippen LogP contribution in [0.25, 0.3) is 0 Å². The van der Waals surface area contributed by atoms with Crippen LogP contribution in [0.3, 0.4) is 0 Å². The Morgan fingerprint density at radius 2 is 1.86 bits per heavy atom. The van der Waals surface area contributed by atoms with Crippen LogP contribution >= 0.6 is 0 Å². The molecule has 0 N–H and O–H groups in total. The zero-order valence-corrected chi connectivity index (χ0v) is 17.6. The van der Waals surface area contributed by atoms with Crippen molar-refractivity contribution in [1.82, 2.24) is 9.80 Å². The lowest BCUT2D eigenvalue weighted by atomic mass is 9.94. The monoisotopic (exact) mass is 398 g/mol. The summed E-state index contributed by atoms with van der Waals surface area (Å²) in [4.78, 5) is 29.5. The Morgan fingerprint density at radius 1 is 1.10 bits per heavy atom. The molecule has 0 radical (unpaired) electrons. The number of piperidine rings is 1. The van der Waals surface area contributed by atoms with Gasteiger partial charge in [0.1, 0.15) is 11.9 Å². The minimum absolute atomic E-state index is 0.150. The standard InChI is InChI=1S/C24H34N2O3/c1-2-18-7-6-10-22(15-18)29-21-11-13-25(14-12-21)24(28)19-16-23(27)26(17-19)20-8-4-3-5-9-20/h6-7,10,15,19-21H,2-5,8-9,11-14,16-17H2,1H3. The summed E-state index contributed by atoms with van der Waals surface area (Å²) in [6, 6.07) is 8.66. The lowest BCUT2D eigenvalue weighted by Gasteiger charge is -2.34. The highest BCUT2D eigenvalue weighted by Gasteiger charge is 2.40. The van der Waals surface area contributed by atoms with Gasteiger partial charge < -0.3 is 14.5 Å². The quantitative estimate of drug-likeness (QED) is 0.758. The van der Waals surface area contributed by atoms with Gasteiger partial charge in [0.2, 0.25) is 11.8 Å². The van der Waals surface area contributed by atoms with Gasteiger partial charge in [-0.1, -0.05) is 38.3 Å². The molecule has 1 aromatic carbocycles. The first-order valence-electron chi connectivity index (χ1n) is 11.5. The summed E-state index contributed by atoms with van der Waals surface area (Å²) in [7, 11) is 0. The molecule has 2 heterocycles. The first-order chi connectivity index (χ1) is 14.1. The highest BCUT2D eigenvalue weighted by atomic mass is 16.5. The van der Waals surface area contributed by atoms with Gasteiger partial charge in [-0.25, -0.2) is 0 Å². The van der Waals surface area contributed by atoms with E-state index in [9.17, 15) is 9.59 Å². The van der Waals surface area contributed by atoms with Crippen LogP contribution < -0.4 is 4.74 Å². The van der Waals surface area contributed by atoms with Gasteiger partial charge in [-0.3, -0.25) is 9.59 Å². The summed E-state index contributed by atoms with van der Waals surface area (Å²) in [5.74, 6) is 1.13. The fourth-order valence-electron chi connectivity index (χ4n) is 5.13. The summed E-state index contributed by atoms with van der Waals surface area (Å²) >= 11 is 0. The number of nitrogens with zero attached hydrogens (tertiary/aromatic N) is 2. The molecule has 4 rings (SSSR count). The molecule has 3 aliphatic rings. The highest BCUT2D eigenvalue weighted by molar-refractivity contribution is 5.89. The van der Waals surface area contributed by atoms with Crippen LogP contribution in [0.5, 0.6) is 5.75 Å². The SMILES string of the molecule is CCc1cccc(OC2CCN(C(=O)C3CC(=O)N(C4CCCCC4)C3)CC2)c1. The van der Waals surface area contributed by atoms with E-state index in [4.69, 9.17) is 4.74 Å². The van der Waals surface area contributed by atoms with Crippen molar-refractivity contribution in [3.05, 3.63) is 29.8 Å². The Bertz CT molecular complexity index is 721. The second-order valence-electron chi connectivity index (χ2n) is 8.88. The third-order valence-corrected chi connectivity index (χ3v) is 6.89. The molecule has 3 fully saturated rings. The Balaban J connectivity index is 1.27. The minimum Gasteiger partial charge on any atom is -0.490 e. The highest BCUT2D eigenvalue weighted by Crippen LogP contribution is 2.30. The van der Waals surface area contributed by atoms with Gasteiger partial charge in [-0.05, 0) is 37.0 Å². The van der Waals surface area contributed by atoms with E-state index in [1.54, 1.807) is 0 Å². The van der Waals surface area contributed by atoms with Crippen LogP contribution in [0.2, 0.25) is 0 Å². The van der Waals surface area contributed by atoms with Gasteiger partial charge in [0.15, 0.2) is 0 Å². The molecular formula is C24H34N2O3. The molecule has 2 saturated heterocycles. The van der Waals surface area contributed by atoms with E-state index in [1.165, 1.54) is 24.8 Å². The van der Waals surface area contributed by atoms with Gasteiger partial charge in [-0.15, -0.1) is 0 Å². The molecule has 158 valence electrons. The van der Waals surface area contributed by atoms with Crippen LogP contribution in [-0.4, -0.2) is 53.4 Å². The van der Waals surface area contributed by atoms with Crippen molar-refractivity contribution >= 4 is 11.8 Å². The van der Waals surface area contributed by atoms with E-state index >= 15 is 0 Å². The molecule has 0 aromatic heterocycles. The summed E-state index contributed by atoms with van der Waals surface area (Å²) in [5, 5.41) is 0. The van der Waals surface area contributed by atoms with Crippen LogP contribution in [-0.2, 0) is 16.0 Å². The number of rotatable bonds is 5. The third kappa shape index (κ3) is 4.76. The van der Waals surface area contributed by atoms with E-state index in [2.05, 4.69) is 19.1 Å². The van der Waals surface area contributed by atoms with Gasteiger partial charge >= 0.3 is 0 Å². The fraction of sp³-hybridized carbons (Fsp3) is 0.667. The zero-order valence-electron chi connectivity index (χ0n) is 17.6. The largest absolute Gasteiger partial charge is 0.490 e. The second kappa shape index (κ2) is 9.19. The maximum Gasteiger partial charge on any atom is 0.227 e. The van der Waals surface area contributed by atoms with Gasteiger partial charge in [0.25, 0.3) is 0 Å². The van der Waals surface area contributed by atoms with E-state index in [-0.39, 0.29) is 23.8 Å². The maximum absolute atomic E-state index is 13.0. The average Bonchev–Trinajstić information content (AvgIpc) is 3.16. The van der Waals surface area contributed by atoms with E-state index in [0.29, 0.717) is 19.0 Å². The average molecular weight is 399 g/mol. The molecule has 5 nitrogen and oxygen atoms in total. The molecule has 1 atom stereocenters. The molecule has 5 heteroatoms. The third-order valence-electron chi connectivity index (χ3n) is 6.89. The van der Waals surface area contributed by atoms with Crippen molar-refractivity contribution in [3.8, 4) is 5.75 Å². The molecule has 0 spiro atoms. The molecule has 1 aromatic rings. The molecule has 1 unspecified atom stereocenters. The molecule has 1 saturated carbocycles. The van der Waals surface area contributed by atoms with Crippen LogP contribution in [0.4, 0.5) is 0 Å². The number of amides is 2. The topological polar surface area (TPSA) is 49.9 Å². The van der Waals surface area contributed by atoms with Crippen LogP contribution in [0.1, 0.15) is 63.9 Å². The Hall–Kier alpha value is -2.04. The smallest absolute Gasteiger partial charge is 0.227 e. The van der Waals surface area contributed by atoms with Gasteiger partial charge in [0, 0.05) is 44.9 Å². The van der Waals surface area contributed by atoms with E-state index in [0.717, 1.165) is 50.9 Å². The van der Waals surface area contributed by atoms with Gasteiger partial charge in [-0.2, -0.15) is 0 Å². The maximum atomic E-state index is 13.0. The number of benzene rings is 1. The van der Waals surface area contributed by atoms with Crippen LogP contribution in [0.15, 0.2) is 24.3 Å². The Morgan fingerprint density at radius 3 is 2.59 bits per heavy atom. The number of hydrogen-bond acceptors (Lipinski definition) is 3. The van der Waals surface area contributed by atoms with E-state index in [1.807, 2.05) is 21.9 Å². The first-order valence-corrected chi connectivity index (χ1v) is 11.5. The van der Waals surface area contributed by atoms with Crippen molar-refractivity contribution in [1.29, 1.82) is 0 Å².